The SMILES string of the molecule is CC(C)NC(=O)Nc1ccc(C(=O)NCC(C)C(=O)O)cc1. The summed E-state index contributed by atoms with van der Waals surface area (Å²) in [5.74, 6) is -1.97. The molecule has 1 aromatic carbocycles. The molecule has 1 aromatic rings. The first-order valence-electron chi connectivity index (χ1n) is 6.98. The summed E-state index contributed by atoms with van der Waals surface area (Å²) in [6, 6.07) is 6.05. The summed E-state index contributed by atoms with van der Waals surface area (Å²) in [7, 11) is 0. The van der Waals surface area contributed by atoms with Gasteiger partial charge in [-0.15, -0.1) is 0 Å². The van der Waals surface area contributed by atoms with E-state index in [9.17, 15) is 14.4 Å². The van der Waals surface area contributed by atoms with Crippen LogP contribution in [0, 0.1) is 5.92 Å². The van der Waals surface area contributed by atoms with Crippen LogP contribution >= 0.6 is 0 Å². The van der Waals surface area contributed by atoms with Crippen molar-refractivity contribution < 1.29 is 19.5 Å². The zero-order valence-corrected chi connectivity index (χ0v) is 12.8. The van der Waals surface area contributed by atoms with Crippen LogP contribution in [0.4, 0.5) is 10.5 Å². The lowest BCUT2D eigenvalue weighted by atomic mass is 10.1. The van der Waals surface area contributed by atoms with E-state index < -0.39 is 11.9 Å². The minimum absolute atomic E-state index is 0.0290. The fraction of sp³-hybridized carbons (Fsp3) is 0.400. The quantitative estimate of drug-likeness (QED) is 0.641. The summed E-state index contributed by atoms with van der Waals surface area (Å²) >= 11 is 0. The molecule has 0 aliphatic heterocycles. The zero-order chi connectivity index (χ0) is 16.7. The number of hydrogen-bond acceptors (Lipinski definition) is 3. The first-order valence-corrected chi connectivity index (χ1v) is 6.98. The largest absolute Gasteiger partial charge is 0.481 e. The predicted octanol–water partition coefficient (Wildman–Crippen LogP) is 1.67. The van der Waals surface area contributed by atoms with Crippen molar-refractivity contribution in [2.24, 2.45) is 5.92 Å². The van der Waals surface area contributed by atoms with E-state index in [1.807, 2.05) is 13.8 Å². The van der Waals surface area contributed by atoms with E-state index in [4.69, 9.17) is 5.11 Å². The van der Waals surface area contributed by atoms with Crippen molar-refractivity contribution >= 4 is 23.6 Å². The maximum Gasteiger partial charge on any atom is 0.319 e. The second kappa shape index (κ2) is 8.02. The Morgan fingerprint density at radius 1 is 1.09 bits per heavy atom. The Balaban J connectivity index is 2.55. The third kappa shape index (κ3) is 5.82. The number of anilines is 1. The fourth-order valence-electron chi connectivity index (χ4n) is 1.57. The lowest BCUT2D eigenvalue weighted by Gasteiger charge is -2.11. The number of amides is 3. The molecule has 0 aromatic heterocycles. The van der Waals surface area contributed by atoms with Crippen LogP contribution < -0.4 is 16.0 Å². The lowest BCUT2D eigenvalue weighted by molar-refractivity contribution is -0.140. The molecule has 120 valence electrons. The third-order valence-corrected chi connectivity index (χ3v) is 2.82. The van der Waals surface area contributed by atoms with E-state index in [1.54, 1.807) is 24.3 Å². The normalized spacial score (nSPS) is 11.6. The number of nitrogens with one attached hydrogen (secondary N) is 3. The number of carboxylic acid groups (broad SMARTS) is 1. The molecule has 4 N–H and O–H groups in total. The summed E-state index contributed by atoms with van der Waals surface area (Å²) in [6.07, 6.45) is 0. The van der Waals surface area contributed by atoms with Crippen LogP contribution in [0.25, 0.3) is 0 Å². The Kier molecular flexibility index (Phi) is 6.37. The molecule has 0 fully saturated rings. The number of carbonyl (C=O) groups is 3. The molecule has 0 aliphatic rings. The van der Waals surface area contributed by atoms with Gasteiger partial charge in [-0.25, -0.2) is 4.79 Å². The molecule has 0 aliphatic carbocycles. The molecule has 0 saturated heterocycles. The summed E-state index contributed by atoms with van der Waals surface area (Å²) in [5.41, 5.74) is 0.959. The maximum atomic E-state index is 11.8. The molecule has 0 radical (unpaired) electrons. The van der Waals surface area contributed by atoms with Gasteiger partial charge in [0.2, 0.25) is 0 Å². The van der Waals surface area contributed by atoms with Gasteiger partial charge in [0.05, 0.1) is 5.92 Å². The molecule has 1 rings (SSSR count). The van der Waals surface area contributed by atoms with Gasteiger partial charge in [0, 0.05) is 23.8 Å². The van der Waals surface area contributed by atoms with E-state index in [-0.39, 0.29) is 24.5 Å². The highest BCUT2D eigenvalue weighted by Crippen LogP contribution is 2.09. The van der Waals surface area contributed by atoms with Gasteiger partial charge in [0.25, 0.3) is 5.91 Å². The van der Waals surface area contributed by atoms with E-state index >= 15 is 0 Å². The monoisotopic (exact) mass is 307 g/mol. The van der Waals surface area contributed by atoms with Gasteiger partial charge in [0.1, 0.15) is 0 Å². The number of urea groups is 1. The van der Waals surface area contributed by atoms with Crippen LogP contribution in [-0.4, -0.2) is 35.6 Å². The van der Waals surface area contributed by atoms with Gasteiger partial charge in [-0.05, 0) is 38.1 Å². The molecule has 0 bridgehead atoms. The minimum Gasteiger partial charge on any atom is -0.481 e. The molecule has 7 nitrogen and oxygen atoms in total. The van der Waals surface area contributed by atoms with Crippen LogP contribution in [0.1, 0.15) is 31.1 Å². The Morgan fingerprint density at radius 2 is 1.68 bits per heavy atom. The number of rotatable bonds is 6. The smallest absolute Gasteiger partial charge is 0.319 e. The molecule has 1 atom stereocenters. The van der Waals surface area contributed by atoms with Crippen LogP contribution in [-0.2, 0) is 4.79 Å². The molecule has 0 saturated carbocycles. The molecule has 22 heavy (non-hydrogen) atoms. The van der Waals surface area contributed by atoms with E-state index in [0.717, 1.165) is 0 Å². The number of hydrogen-bond donors (Lipinski definition) is 4. The molecule has 3 amide bonds. The molecule has 0 heterocycles. The molecule has 0 spiro atoms. The van der Waals surface area contributed by atoms with Crippen LogP contribution in [0.15, 0.2) is 24.3 Å². The highest BCUT2D eigenvalue weighted by atomic mass is 16.4. The van der Waals surface area contributed by atoms with Gasteiger partial charge in [0.15, 0.2) is 0 Å². The average molecular weight is 307 g/mol. The summed E-state index contributed by atoms with van der Waals surface area (Å²) in [6.45, 7) is 5.28. The predicted molar refractivity (Wildman–Crippen MR) is 82.9 cm³/mol. The van der Waals surface area contributed by atoms with Gasteiger partial charge in [-0.2, -0.15) is 0 Å². The number of carboxylic acids is 1. The second-order valence-electron chi connectivity index (χ2n) is 5.28. The Bertz CT molecular complexity index is 540. The summed E-state index contributed by atoms with van der Waals surface area (Å²) < 4.78 is 0. The van der Waals surface area contributed by atoms with Crippen molar-refractivity contribution in [1.29, 1.82) is 0 Å². The number of aliphatic carboxylic acids is 1. The van der Waals surface area contributed by atoms with Crippen LogP contribution in [0.5, 0.6) is 0 Å². The topological polar surface area (TPSA) is 108 Å². The first-order chi connectivity index (χ1) is 10.3. The highest BCUT2D eigenvalue weighted by Gasteiger charge is 2.13. The van der Waals surface area contributed by atoms with Gasteiger partial charge >= 0.3 is 12.0 Å². The standard InChI is InChI=1S/C15H21N3O4/c1-9(2)17-15(22)18-12-6-4-11(5-7-12)13(19)16-8-10(3)14(20)21/h4-7,9-10H,8H2,1-3H3,(H,16,19)(H,20,21)(H2,17,18,22). The van der Waals surface area contributed by atoms with E-state index in [0.29, 0.717) is 11.3 Å². The molecule has 1 unspecified atom stereocenters. The molecular weight excluding hydrogens is 286 g/mol. The third-order valence-electron chi connectivity index (χ3n) is 2.82. The highest BCUT2D eigenvalue weighted by molar-refractivity contribution is 5.95. The van der Waals surface area contributed by atoms with Crippen LogP contribution in [0.3, 0.4) is 0 Å². The summed E-state index contributed by atoms with van der Waals surface area (Å²) in [4.78, 5) is 34.0. The van der Waals surface area contributed by atoms with E-state index in [1.165, 1.54) is 6.92 Å². The number of benzene rings is 1. The Labute approximate surface area is 129 Å². The zero-order valence-electron chi connectivity index (χ0n) is 12.8. The van der Waals surface area contributed by atoms with E-state index in [2.05, 4.69) is 16.0 Å². The van der Waals surface area contributed by atoms with Crippen molar-refractivity contribution in [1.82, 2.24) is 10.6 Å². The lowest BCUT2D eigenvalue weighted by Crippen LogP contribution is -2.34. The first kappa shape index (κ1) is 17.5. The number of carbonyl (C=O) groups excluding carboxylic acids is 2. The van der Waals surface area contributed by atoms with Gasteiger partial charge in [-0.3, -0.25) is 9.59 Å². The van der Waals surface area contributed by atoms with Crippen molar-refractivity contribution in [2.75, 3.05) is 11.9 Å². The summed E-state index contributed by atoms with van der Waals surface area (Å²) in [5, 5.41) is 16.6. The van der Waals surface area contributed by atoms with Crippen molar-refractivity contribution in [3.63, 3.8) is 0 Å². The Morgan fingerprint density at radius 3 is 2.18 bits per heavy atom. The van der Waals surface area contributed by atoms with Gasteiger partial charge in [-0.1, -0.05) is 6.92 Å². The second-order valence-corrected chi connectivity index (χ2v) is 5.28. The molecular formula is C15H21N3O4. The fourth-order valence-corrected chi connectivity index (χ4v) is 1.57. The average Bonchev–Trinajstić information content (AvgIpc) is 2.44. The Hall–Kier alpha value is -2.57. The van der Waals surface area contributed by atoms with Crippen molar-refractivity contribution in [2.45, 2.75) is 26.8 Å². The van der Waals surface area contributed by atoms with Crippen LogP contribution in [0.2, 0.25) is 0 Å². The van der Waals surface area contributed by atoms with Gasteiger partial charge < -0.3 is 21.1 Å². The molecule has 7 heteroatoms. The van der Waals surface area contributed by atoms with Crippen molar-refractivity contribution in [3.8, 4) is 0 Å². The van der Waals surface area contributed by atoms with Crippen molar-refractivity contribution in [3.05, 3.63) is 29.8 Å². The maximum absolute atomic E-state index is 11.8. The minimum atomic E-state index is -0.962.